The van der Waals surface area contributed by atoms with Gasteiger partial charge in [-0.1, -0.05) is 29.8 Å². The Balaban J connectivity index is 2.46. The molecule has 0 aliphatic rings. The summed E-state index contributed by atoms with van der Waals surface area (Å²) in [4.78, 5) is 0. The van der Waals surface area contributed by atoms with Gasteiger partial charge in [-0.15, -0.1) is 0 Å². The van der Waals surface area contributed by atoms with E-state index in [2.05, 4.69) is 43.4 Å². The number of ether oxygens (including phenoxy) is 2. The molecule has 1 aromatic carbocycles. The summed E-state index contributed by atoms with van der Waals surface area (Å²) in [6, 6.07) is 8.84. The van der Waals surface area contributed by atoms with Crippen LogP contribution in [0.2, 0.25) is 0 Å². The smallest absolute Gasteiger partial charge is 0.169 e. The number of aryl methyl sites for hydroxylation is 1. The van der Waals surface area contributed by atoms with Gasteiger partial charge in [0.05, 0.1) is 0 Å². The van der Waals surface area contributed by atoms with Crippen molar-refractivity contribution in [2.75, 3.05) is 19.8 Å². The largest absolute Gasteiger partial charge is 0.352 e. The van der Waals surface area contributed by atoms with Gasteiger partial charge in [0.2, 0.25) is 0 Å². The maximum Gasteiger partial charge on any atom is 0.169 e. The second-order valence-electron chi connectivity index (χ2n) is 4.38. The van der Waals surface area contributed by atoms with Crippen LogP contribution in [-0.4, -0.2) is 26.0 Å². The van der Waals surface area contributed by atoms with Gasteiger partial charge in [-0.05, 0) is 33.3 Å². The van der Waals surface area contributed by atoms with Crippen LogP contribution in [0.15, 0.2) is 24.3 Å². The van der Waals surface area contributed by atoms with Gasteiger partial charge in [-0.3, -0.25) is 0 Å². The van der Waals surface area contributed by atoms with E-state index in [1.165, 1.54) is 11.1 Å². The molecule has 0 aliphatic heterocycles. The highest BCUT2D eigenvalue weighted by Crippen LogP contribution is 2.13. The molecule has 0 fully saturated rings. The van der Waals surface area contributed by atoms with E-state index >= 15 is 0 Å². The van der Waals surface area contributed by atoms with Crippen LogP contribution in [0.25, 0.3) is 0 Å². The second-order valence-corrected chi connectivity index (χ2v) is 4.38. The van der Waals surface area contributed by atoms with Crippen molar-refractivity contribution in [3.8, 4) is 0 Å². The normalized spacial score (nSPS) is 12.9. The summed E-state index contributed by atoms with van der Waals surface area (Å²) in [7, 11) is 0. The highest BCUT2D eigenvalue weighted by atomic mass is 16.7. The van der Waals surface area contributed by atoms with Crippen molar-refractivity contribution in [2.45, 2.75) is 40.0 Å². The van der Waals surface area contributed by atoms with Crippen LogP contribution < -0.4 is 5.32 Å². The predicted octanol–water partition coefficient (Wildman–Crippen LogP) is 3.04. The molecular weight excluding hydrogens is 226 g/mol. The van der Waals surface area contributed by atoms with Crippen LogP contribution in [0.5, 0.6) is 0 Å². The van der Waals surface area contributed by atoms with Crippen LogP contribution in [0.1, 0.15) is 37.9 Å². The lowest BCUT2D eigenvalue weighted by Crippen LogP contribution is -2.33. The first-order valence-electron chi connectivity index (χ1n) is 6.70. The van der Waals surface area contributed by atoms with Crippen molar-refractivity contribution >= 4 is 0 Å². The SMILES string of the molecule is CCOC(CN[C@@H](C)c1cccc(C)c1)OCC. The summed E-state index contributed by atoms with van der Waals surface area (Å²) in [6.07, 6.45) is -0.160. The maximum absolute atomic E-state index is 5.51. The average Bonchev–Trinajstić information content (AvgIpc) is 2.36. The van der Waals surface area contributed by atoms with Crippen LogP contribution in [0.3, 0.4) is 0 Å². The molecule has 0 heterocycles. The van der Waals surface area contributed by atoms with Gasteiger partial charge < -0.3 is 14.8 Å². The van der Waals surface area contributed by atoms with Crippen LogP contribution in [0.4, 0.5) is 0 Å². The molecule has 0 unspecified atom stereocenters. The van der Waals surface area contributed by atoms with Gasteiger partial charge in [0.1, 0.15) is 0 Å². The lowest BCUT2D eigenvalue weighted by Gasteiger charge is -2.21. The third-order valence-electron chi connectivity index (χ3n) is 2.84. The first kappa shape index (κ1) is 15.2. The van der Waals surface area contributed by atoms with E-state index in [-0.39, 0.29) is 6.29 Å². The van der Waals surface area contributed by atoms with Crippen molar-refractivity contribution in [1.82, 2.24) is 5.32 Å². The monoisotopic (exact) mass is 251 g/mol. The van der Waals surface area contributed by atoms with E-state index in [4.69, 9.17) is 9.47 Å². The van der Waals surface area contributed by atoms with Crippen molar-refractivity contribution < 1.29 is 9.47 Å². The molecule has 18 heavy (non-hydrogen) atoms. The fourth-order valence-corrected chi connectivity index (χ4v) is 1.87. The molecule has 0 aliphatic carbocycles. The number of hydrogen-bond acceptors (Lipinski definition) is 3. The summed E-state index contributed by atoms with van der Waals surface area (Å²) in [5.41, 5.74) is 2.58. The van der Waals surface area contributed by atoms with E-state index in [0.29, 0.717) is 25.8 Å². The fraction of sp³-hybridized carbons (Fsp3) is 0.600. The molecule has 1 atom stereocenters. The van der Waals surface area contributed by atoms with Crippen molar-refractivity contribution in [3.63, 3.8) is 0 Å². The lowest BCUT2D eigenvalue weighted by atomic mass is 10.1. The molecule has 3 heteroatoms. The van der Waals surface area contributed by atoms with Gasteiger partial charge in [-0.25, -0.2) is 0 Å². The Bertz CT molecular complexity index is 335. The Morgan fingerprint density at radius 1 is 1.17 bits per heavy atom. The topological polar surface area (TPSA) is 30.5 Å². The highest BCUT2D eigenvalue weighted by molar-refractivity contribution is 5.24. The zero-order chi connectivity index (χ0) is 13.4. The van der Waals surface area contributed by atoms with E-state index in [1.54, 1.807) is 0 Å². The molecule has 0 radical (unpaired) electrons. The molecule has 0 spiro atoms. The van der Waals surface area contributed by atoms with E-state index in [0.717, 1.165) is 0 Å². The number of nitrogens with one attached hydrogen (secondary N) is 1. The maximum atomic E-state index is 5.51. The highest BCUT2D eigenvalue weighted by Gasteiger charge is 2.11. The average molecular weight is 251 g/mol. The van der Waals surface area contributed by atoms with Gasteiger partial charge in [0, 0.05) is 25.8 Å². The third kappa shape index (κ3) is 5.17. The molecular formula is C15H25NO2. The second kappa shape index (κ2) is 8.25. The Labute approximate surface area is 110 Å². The minimum Gasteiger partial charge on any atom is -0.352 e. The summed E-state index contributed by atoms with van der Waals surface area (Å²) < 4.78 is 11.0. The summed E-state index contributed by atoms with van der Waals surface area (Å²) >= 11 is 0. The molecule has 102 valence electrons. The summed E-state index contributed by atoms with van der Waals surface area (Å²) in [5, 5.41) is 3.45. The van der Waals surface area contributed by atoms with Crippen molar-refractivity contribution in [3.05, 3.63) is 35.4 Å². The Kier molecular flexibility index (Phi) is 6.94. The lowest BCUT2D eigenvalue weighted by molar-refractivity contribution is -0.133. The van der Waals surface area contributed by atoms with Crippen LogP contribution >= 0.6 is 0 Å². The van der Waals surface area contributed by atoms with Crippen LogP contribution in [0, 0.1) is 6.92 Å². The van der Waals surface area contributed by atoms with E-state index in [9.17, 15) is 0 Å². The van der Waals surface area contributed by atoms with E-state index in [1.807, 2.05) is 13.8 Å². The number of hydrogen-bond donors (Lipinski definition) is 1. The number of rotatable bonds is 8. The first-order valence-corrected chi connectivity index (χ1v) is 6.70. The third-order valence-corrected chi connectivity index (χ3v) is 2.84. The van der Waals surface area contributed by atoms with Gasteiger partial charge in [-0.2, -0.15) is 0 Å². The number of benzene rings is 1. The van der Waals surface area contributed by atoms with Crippen LogP contribution in [-0.2, 0) is 9.47 Å². The quantitative estimate of drug-likeness (QED) is 0.720. The van der Waals surface area contributed by atoms with Crippen molar-refractivity contribution in [2.24, 2.45) is 0 Å². The molecule has 0 saturated heterocycles. The summed E-state index contributed by atoms with van der Waals surface area (Å²) in [5.74, 6) is 0. The zero-order valence-electron chi connectivity index (χ0n) is 11.9. The zero-order valence-corrected chi connectivity index (χ0v) is 11.9. The van der Waals surface area contributed by atoms with Gasteiger partial charge in [0.15, 0.2) is 6.29 Å². The van der Waals surface area contributed by atoms with E-state index < -0.39 is 0 Å². The van der Waals surface area contributed by atoms with Gasteiger partial charge >= 0.3 is 0 Å². The molecule has 1 rings (SSSR count). The minimum absolute atomic E-state index is 0.160. The predicted molar refractivity (Wildman–Crippen MR) is 74.6 cm³/mol. The molecule has 0 amide bonds. The first-order chi connectivity index (χ1) is 8.67. The minimum atomic E-state index is -0.160. The van der Waals surface area contributed by atoms with Crippen molar-refractivity contribution in [1.29, 1.82) is 0 Å². The Morgan fingerprint density at radius 2 is 1.83 bits per heavy atom. The fourth-order valence-electron chi connectivity index (χ4n) is 1.87. The molecule has 1 N–H and O–H groups in total. The standard InChI is InChI=1S/C15H25NO2/c1-5-17-15(18-6-2)11-16-13(4)14-9-7-8-12(3)10-14/h7-10,13,15-16H,5-6,11H2,1-4H3/t13-/m0/s1. The Hall–Kier alpha value is -0.900. The molecule has 1 aromatic rings. The molecule has 0 bridgehead atoms. The molecule has 0 aromatic heterocycles. The summed E-state index contributed by atoms with van der Waals surface area (Å²) in [6.45, 7) is 10.3. The Morgan fingerprint density at radius 3 is 2.39 bits per heavy atom. The molecule has 0 saturated carbocycles. The molecule has 3 nitrogen and oxygen atoms in total. The van der Waals surface area contributed by atoms with Gasteiger partial charge in [0.25, 0.3) is 0 Å².